The number of hydrogen-bond acceptors (Lipinski definition) is 2. The number of benzene rings is 2. The summed E-state index contributed by atoms with van der Waals surface area (Å²) >= 11 is 3.28. The first-order chi connectivity index (χ1) is 9.60. The van der Waals surface area contributed by atoms with Crippen molar-refractivity contribution in [3.05, 3.63) is 63.6 Å². The zero-order chi connectivity index (χ0) is 14.5. The molecule has 2 aromatic carbocycles. The van der Waals surface area contributed by atoms with E-state index in [1.165, 1.54) is 24.3 Å². The molecule has 0 aromatic heterocycles. The number of hydrogen-bond donors (Lipinski definition) is 1. The highest BCUT2D eigenvalue weighted by Crippen LogP contribution is 2.24. The average molecular weight is 342 g/mol. The molecular weight excluding hydrogens is 328 g/mol. The van der Waals surface area contributed by atoms with Crippen LogP contribution in [0.25, 0.3) is 0 Å². The van der Waals surface area contributed by atoms with Crippen LogP contribution in [0, 0.1) is 11.6 Å². The molecular formula is C15H14BrF2NO. The van der Waals surface area contributed by atoms with E-state index in [4.69, 9.17) is 10.5 Å². The Balaban J connectivity index is 2.14. The number of halogens is 3. The van der Waals surface area contributed by atoms with Crippen molar-refractivity contribution in [1.29, 1.82) is 0 Å². The van der Waals surface area contributed by atoms with Gasteiger partial charge in [-0.15, -0.1) is 0 Å². The zero-order valence-corrected chi connectivity index (χ0v) is 12.3. The third-order valence-electron chi connectivity index (χ3n) is 2.83. The van der Waals surface area contributed by atoms with Gasteiger partial charge in [0.1, 0.15) is 24.0 Å². The molecule has 0 aliphatic carbocycles. The van der Waals surface area contributed by atoms with Gasteiger partial charge in [-0.25, -0.2) is 8.78 Å². The lowest BCUT2D eigenvalue weighted by atomic mass is 10.1. The summed E-state index contributed by atoms with van der Waals surface area (Å²) in [4.78, 5) is 0. The number of ether oxygens (including phenoxy) is 1. The van der Waals surface area contributed by atoms with E-state index >= 15 is 0 Å². The fourth-order valence-corrected chi connectivity index (χ4v) is 2.30. The Bertz CT molecular complexity index is 604. The molecule has 2 rings (SSSR count). The molecule has 0 saturated carbocycles. The topological polar surface area (TPSA) is 35.2 Å². The minimum atomic E-state index is -0.316. The van der Waals surface area contributed by atoms with Crippen molar-refractivity contribution >= 4 is 15.9 Å². The van der Waals surface area contributed by atoms with E-state index in [1.807, 2.05) is 0 Å². The van der Waals surface area contributed by atoms with Gasteiger partial charge in [-0.05, 0) is 48.9 Å². The van der Waals surface area contributed by atoms with Crippen LogP contribution >= 0.6 is 15.9 Å². The second kappa shape index (κ2) is 6.81. The van der Waals surface area contributed by atoms with Gasteiger partial charge in [0.15, 0.2) is 0 Å². The Morgan fingerprint density at radius 1 is 1.00 bits per heavy atom. The van der Waals surface area contributed by atoms with E-state index in [2.05, 4.69) is 15.9 Å². The van der Waals surface area contributed by atoms with Crippen LogP contribution in [0.5, 0.6) is 5.75 Å². The van der Waals surface area contributed by atoms with Gasteiger partial charge in [0.2, 0.25) is 0 Å². The minimum Gasteiger partial charge on any atom is -0.489 e. The van der Waals surface area contributed by atoms with Gasteiger partial charge in [0.05, 0.1) is 0 Å². The van der Waals surface area contributed by atoms with Gasteiger partial charge in [0, 0.05) is 10.0 Å². The molecule has 0 radical (unpaired) electrons. The summed E-state index contributed by atoms with van der Waals surface area (Å²) < 4.78 is 32.5. The predicted octanol–water partition coefficient (Wildman–Crippen LogP) is 3.81. The van der Waals surface area contributed by atoms with Crippen molar-refractivity contribution in [1.82, 2.24) is 0 Å². The summed E-state index contributed by atoms with van der Waals surface area (Å²) in [6.45, 7) is 0.685. The van der Waals surface area contributed by atoms with E-state index in [0.29, 0.717) is 23.2 Å². The number of nitrogens with two attached hydrogens (primary N) is 1. The second-order valence-corrected chi connectivity index (χ2v) is 5.17. The van der Waals surface area contributed by atoms with E-state index in [9.17, 15) is 8.78 Å². The van der Waals surface area contributed by atoms with Crippen LogP contribution < -0.4 is 10.5 Å². The summed E-state index contributed by atoms with van der Waals surface area (Å²) in [6, 6.07) is 8.74. The first-order valence-corrected chi connectivity index (χ1v) is 6.94. The van der Waals surface area contributed by atoms with Gasteiger partial charge in [-0.3, -0.25) is 0 Å². The van der Waals surface area contributed by atoms with Crippen molar-refractivity contribution in [2.24, 2.45) is 5.73 Å². The molecule has 0 saturated heterocycles. The number of rotatable bonds is 5. The van der Waals surface area contributed by atoms with Crippen LogP contribution in [0.2, 0.25) is 0 Å². The molecule has 0 aliphatic heterocycles. The van der Waals surface area contributed by atoms with E-state index in [0.717, 1.165) is 11.1 Å². The Morgan fingerprint density at radius 3 is 2.40 bits per heavy atom. The molecule has 0 aliphatic rings. The average Bonchev–Trinajstić information content (AvgIpc) is 2.40. The predicted molar refractivity (Wildman–Crippen MR) is 77.6 cm³/mol. The molecule has 20 heavy (non-hydrogen) atoms. The molecule has 2 aromatic rings. The maximum absolute atomic E-state index is 13.2. The molecule has 0 fully saturated rings. The van der Waals surface area contributed by atoms with Crippen LogP contribution in [0.4, 0.5) is 8.78 Å². The Labute approximate surface area is 124 Å². The first-order valence-electron chi connectivity index (χ1n) is 6.15. The maximum Gasteiger partial charge on any atom is 0.124 e. The summed E-state index contributed by atoms with van der Waals surface area (Å²) in [5.41, 5.74) is 7.04. The molecule has 0 bridgehead atoms. The summed E-state index contributed by atoms with van der Waals surface area (Å²) in [7, 11) is 0. The van der Waals surface area contributed by atoms with E-state index in [1.54, 1.807) is 12.1 Å². The standard InChI is InChI=1S/C15H14BrF2NO/c16-14-8-13(18)2-1-11(14)9-20-15-4-3-12(17)7-10(15)5-6-19/h1-4,7-8H,5-6,9,19H2. The van der Waals surface area contributed by atoms with Gasteiger partial charge in [-0.2, -0.15) is 0 Å². The maximum atomic E-state index is 13.2. The van der Waals surface area contributed by atoms with Gasteiger partial charge in [-0.1, -0.05) is 22.0 Å². The monoisotopic (exact) mass is 341 g/mol. The fraction of sp³-hybridized carbons (Fsp3) is 0.200. The Hall–Kier alpha value is -1.46. The molecule has 0 atom stereocenters. The van der Waals surface area contributed by atoms with Crippen LogP contribution in [-0.4, -0.2) is 6.54 Å². The first kappa shape index (κ1) is 14.9. The quantitative estimate of drug-likeness (QED) is 0.897. The lowest BCUT2D eigenvalue weighted by molar-refractivity contribution is 0.301. The van der Waals surface area contributed by atoms with Crippen LogP contribution in [0.1, 0.15) is 11.1 Å². The van der Waals surface area contributed by atoms with E-state index in [-0.39, 0.29) is 18.2 Å². The van der Waals surface area contributed by atoms with Gasteiger partial charge in [0.25, 0.3) is 0 Å². The molecule has 0 spiro atoms. The molecule has 0 amide bonds. The van der Waals surface area contributed by atoms with Gasteiger partial charge < -0.3 is 10.5 Å². The SMILES string of the molecule is NCCc1cc(F)ccc1OCc1ccc(F)cc1Br. The highest BCUT2D eigenvalue weighted by molar-refractivity contribution is 9.10. The van der Waals surface area contributed by atoms with Crippen molar-refractivity contribution in [2.75, 3.05) is 6.54 Å². The third kappa shape index (κ3) is 3.77. The van der Waals surface area contributed by atoms with Gasteiger partial charge >= 0.3 is 0 Å². The van der Waals surface area contributed by atoms with Crippen LogP contribution in [0.3, 0.4) is 0 Å². The molecule has 106 valence electrons. The zero-order valence-electron chi connectivity index (χ0n) is 10.7. The normalized spacial score (nSPS) is 10.6. The third-order valence-corrected chi connectivity index (χ3v) is 3.57. The largest absolute Gasteiger partial charge is 0.489 e. The molecule has 2 nitrogen and oxygen atoms in total. The summed E-state index contributed by atoms with van der Waals surface area (Å²) in [6.07, 6.45) is 0.539. The smallest absolute Gasteiger partial charge is 0.124 e. The highest BCUT2D eigenvalue weighted by atomic mass is 79.9. The van der Waals surface area contributed by atoms with Crippen LogP contribution in [0.15, 0.2) is 40.9 Å². The molecule has 2 N–H and O–H groups in total. The lowest BCUT2D eigenvalue weighted by Gasteiger charge is -2.12. The lowest BCUT2D eigenvalue weighted by Crippen LogP contribution is -2.06. The summed E-state index contributed by atoms with van der Waals surface area (Å²) in [5, 5.41) is 0. The molecule has 0 heterocycles. The second-order valence-electron chi connectivity index (χ2n) is 4.32. The van der Waals surface area contributed by atoms with Crippen LogP contribution in [-0.2, 0) is 13.0 Å². The highest BCUT2D eigenvalue weighted by Gasteiger charge is 2.07. The molecule has 0 unspecified atom stereocenters. The van der Waals surface area contributed by atoms with Crippen molar-refractivity contribution < 1.29 is 13.5 Å². The van der Waals surface area contributed by atoms with Crippen molar-refractivity contribution in [2.45, 2.75) is 13.0 Å². The fourth-order valence-electron chi connectivity index (χ4n) is 1.83. The van der Waals surface area contributed by atoms with E-state index < -0.39 is 0 Å². The molecule has 5 heteroatoms. The van der Waals surface area contributed by atoms with Crippen molar-refractivity contribution in [3.63, 3.8) is 0 Å². The Kier molecular flexibility index (Phi) is 5.09. The van der Waals surface area contributed by atoms with Crippen molar-refractivity contribution in [3.8, 4) is 5.75 Å². The summed E-state index contributed by atoms with van der Waals surface area (Å²) in [5.74, 6) is -0.0388. The Morgan fingerprint density at radius 2 is 1.70 bits per heavy atom. The minimum absolute atomic E-state index is 0.268.